The van der Waals surface area contributed by atoms with Gasteiger partial charge in [-0.05, 0) is 26.2 Å². The SMILES string of the molecule is CCC(O)c1cn(CC(=O)N(CC)C2CC2)nn1. The van der Waals surface area contributed by atoms with Gasteiger partial charge in [0.15, 0.2) is 0 Å². The number of nitrogens with zero attached hydrogens (tertiary/aromatic N) is 4. The van der Waals surface area contributed by atoms with Crippen molar-refractivity contribution in [1.82, 2.24) is 19.9 Å². The van der Waals surface area contributed by atoms with E-state index in [4.69, 9.17) is 0 Å². The van der Waals surface area contributed by atoms with E-state index in [2.05, 4.69) is 10.3 Å². The maximum atomic E-state index is 12.0. The number of amides is 1. The molecule has 1 aliphatic carbocycles. The van der Waals surface area contributed by atoms with Gasteiger partial charge in [0.05, 0.1) is 12.3 Å². The van der Waals surface area contributed by atoms with Gasteiger partial charge in [0.25, 0.3) is 0 Å². The second-order valence-corrected chi connectivity index (χ2v) is 4.68. The van der Waals surface area contributed by atoms with Gasteiger partial charge in [0, 0.05) is 12.6 Å². The lowest BCUT2D eigenvalue weighted by atomic mass is 10.2. The third kappa shape index (κ3) is 2.87. The largest absolute Gasteiger partial charge is 0.387 e. The molecule has 100 valence electrons. The Labute approximate surface area is 107 Å². The van der Waals surface area contributed by atoms with Crippen LogP contribution in [-0.4, -0.2) is 43.5 Å². The molecule has 1 aromatic rings. The number of likely N-dealkylation sites (N-methyl/N-ethyl adjacent to an activating group) is 1. The zero-order chi connectivity index (χ0) is 13.1. The fraction of sp³-hybridized carbons (Fsp3) is 0.750. The molecular formula is C12H20N4O2. The minimum absolute atomic E-state index is 0.0717. The molecule has 0 aromatic carbocycles. The van der Waals surface area contributed by atoms with E-state index in [1.54, 1.807) is 6.20 Å². The minimum atomic E-state index is -0.598. The summed E-state index contributed by atoms with van der Waals surface area (Å²) in [5.74, 6) is 0.0717. The van der Waals surface area contributed by atoms with Crippen molar-refractivity contribution in [3.05, 3.63) is 11.9 Å². The van der Waals surface area contributed by atoms with Crippen LogP contribution in [0.4, 0.5) is 0 Å². The van der Waals surface area contributed by atoms with E-state index in [-0.39, 0.29) is 12.5 Å². The Hall–Kier alpha value is -1.43. The summed E-state index contributed by atoms with van der Waals surface area (Å²) < 4.78 is 1.50. The molecule has 1 N–H and O–H groups in total. The fourth-order valence-corrected chi connectivity index (χ4v) is 2.01. The van der Waals surface area contributed by atoms with E-state index in [1.807, 2.05) is 18.7 Å². The van der Waals surface area contributed by atoms with Crippen molar-refractivity contribution in [3.8, 4) is 0 Å². The second kappa shape index (κ2) is 5.48. The predicted molar refractivity (Wildman–Crippen MR) is 65.7 cm³/mol. The third-order valence-electron chi connectivity index (χ3n) is 3.23. The molecule has 1 heterocycles. The Balaban J connectivity index is 1.96. The highest BCUT2D eigenvalue weighted by Gasteiger charge is 2.31. The number of aliphatic hydroxyl groups is 1. The Morgan fingerprint density at radius 1 is 1.61 bits per heavy atom. The molecule has 1 amide bonds. The van der Waals surface area contributed by atoms with E-state index in [1.165, 1.54) is 4.68 Å². The first-order valence-electron chi connectivity index (χ1n) is 6.53. The lowest BCUT2D eigenvalue weighted by Gasteiger charge is -2.19. The summed E-state index contributed by atoms with van der Waals surface area (Å²) in [6, 6.07) is 0.423. The standard InChI is InChI=1S/C12H20N4O2/c1-3-11(17)10-7-15(14-13-10)8-12(18)16(4-2)9-5-6-9/h7,9,11,17H,3-6,8H2,1-2H3. The van der Waals surface area contributed by atoms with Crippen LogP contribution in [0.1, 0.15) is 44.9 Å². The molecule has 1 fully saturated rings. The van der Waals surface area contributed by atoms with Crippen LogP contribution in [-0.2, 0) is 11.3 Å². The zero-order valence-corrected chi connectivity index (χ0v) is 10.9. The summed E-state index contributed by atoms with van der Waals surface area (Å²) in [4.78, 5) is 13.9. The highest BCUT2D eigenvalue weighted by Crippen LogP contribution is 2.26. The van der Waals surface area contributed by atoms with E-state index in [0.29, 0.717) is 18.2 Å². The number of rotatable bonds is 6. The predicted octanol–water partition coefficient (Wildman–Crippen LogP) is 0.732. The number of carbonyl (C=O) groups excluding carboxylic acids is 1. The van der Waals surface area contributed by atoms with Crippen LogP contribution in [0, 0.1) is 0 Å². The first kappa shape index (κ1) is 13.0. The first-order chi connectivity index (χ1) is 8.65. The van der Waals surface area contributed by atoms with E-state index >= 15 is 0 Å². The summed E-state index contributed by atoms with van der Waals surface area (Å²) in [5, 5.41) is 17.4. The topological polar surface area (TPSA) is 71.2 Å². The number of aromatic nitrogens is 3. The minimum Gasteiger partial charge on any atom is -0.387 e. The van der Waals surface area contributed by atoms with Crippen molar-refractivity contribution < 1.29 is 9.90 Å². The van der Waals surface area contributed by atoms with E-state index in [9.17, 15) is 9.90 Å². The van der Waals surface area contributed by atoms with Gasteiger partial charge < -0.3 is 10.0 Å². The van der Waals surface area contributed by atoms with Crippen LogP contribution < -0.4 is 0 Å². The summed E-state index contributed by atoms with van der Waals surface area (Å²) in [6.45, 7) is 4.81. The molecule has 6 nitrogen and oxygen atoms in total. The van der Waals surface area contributed by atoms with Crippen LogP contribution >= 0.6 is 0 Å². The lowest BCUT2D eigenvalue weighted by molar-refractivity contribution is -0.132. The van der Waals surface area contributed by atoms with Crippen LogP contribution in [0.25, 0.3) is 0 Å². The molecule has 1 atom stereocenters. The summed E-state index contributed by atoms with van der Waals surface area (Å²) in [5.41, 5.74) is 0.528. The number of aliphatic hydroxyl groups excluding tert-OH is 1. The van der Waals surface area contributed by atoms with Crippen molar-refractivity contribution in [2.45, 2.75) is 51.8 Å². The highest BCUT2D eigenvalue weighted by atomic mass is 16.3. The van der Waals surface area contributed by atoms with Crippen LogP contribution in [0.2, 0.25) is 0 Å². The van der Waals surface area contributed by atoms with Crippen molar-refractivity contribution in [3.63, 3.8) is 0 Å². The van der Waals surface area contributed by atoms with Gasteiger partial charge in [-0.2, -0.15) is 0 Å². The average Bonchev–Trinajstić information content (AvgIpc) is 3.08. The third-order valence-corrected chi connectivity index (χ3v) is 3.23. The molecule has 0 saturated heterocycles. The molecule has 18 heavy (non-hydrogen) atoms. The van der Waals surface area contributed by atoms with Gasteiger partial charge in [-0.1, -0.05) is 12.1 Å². The van der Waals surface area contributed by atoms with Crippen molar-refractivity contribution in [2.24, 2.45) is 0 Å². The van der Waals surface area contributed by atoms with Gasteiger partial charge >= 0.3 is 0 Å². The first-order valence-corrected chi connectivity index (χ1v) is 6.53. The molecule has 1 saturated carbocycles. The fourth-order valence-electron chi connectivity index (χ4n) is 2.01. The van der Waals surface area contributed by atoms with Gasteiger partial charge in [-0.15, -0.1) is 5.10 Å². The molecule has 0 radical (unpaired) electrons. The van der Waals surface area contributed by atoms with Crippen molar-refractivity contribution in [1.29, 1.82) is 0 Å². The Bertz CT molecular complexity index is 414. The van der Waals surface area contributed by atoms with Gasteiger partial charge in [0.1, 0.15) is 12.2 Å². The Morgan fingerprint density at radius 2 is 2.33 bits per heavy atom. The molecule has 0 spiro atoms. The average molecular weight is 252 g/mol. The zero-order valence-electron chi connectivity index (χ0n) is 10.9. The number of carbonyl (C=O) groups is 1. The molecule has 0 bridgehead atoms. The second-order valence-electron chi connectivity index (χ2n) is 4.68. The van der Waals surface area contributed by atoms with E-state index in [0.717, 1.165) is 19.4 Å². The Kier molecular flexibility index (Phi) is 3.96. The summed E-state index contributed by atoms with van der Waals surface area (Å²) in [6.07, 6.45) is 3.86. The molecule has 1 aliphatic rings. The maximum Gasteiger partial charge on any atom is 0.244 e. The van der Waals surface area contributed by atoms with Crippen molar-refractivity contribution >= 4 is 5.91 Å². The quantitative estimate of drug-likeness (QED) is 0.810. The monoisotopic (exact) mass is 252 g/mol. The van der Waals surface area contributed by atoms with Gasteiger partial charge in [0.2, 0.25) is 5.91 Å². The summed E-state index contributed by atoms with van der Waals surface area (Å²) >= 11 is 0. The number of hydrogen-bond donors (Lipinski definition) is 1. The number of hydrogen-bond acceptors (Lipinski definition) is 4. The highest BCUT2D eigenvalue weighted by molar-refractivity contribution is 5.76. The molecule has 0 aliphatic heterocycles. The molecule has 6 heteroatoms. The lowest BCUT2D eigenvalue weighted by Crippen LogP contribution is -2.35. The van der Waals surface area contributed by atoms with Gasteiger partial charge in [-0.25, -0.2) is 4.68 Å². The van der Waals surface area contributed by atoms with Crippen LogP contribution in [0.5, 0.6) is 0 Å². The molecule has 1 unspecified atom stereocenters. The Morgan fingerprint density at radius 3 is 2.89 bits per heavy atom. The summed E-state index contributed by atoms with van der Waals surface area (Å²) in [7, 11) is 0. The molecule has 1 aromatic heterocycles. The molecular weight excluding hydrogens is 232 g/mol. The van der Waals surface area contributed by atoms with Crippen LogP contribution in [0.3, 0.4) is 0 Å². The molecule has 2 rings (SSSR count). The van der Waals surface area contributed by atoms with Gasteiger partial charge in [-0.3, -0.25) is 4.79 Å². The smallest absolute Gasteiger partial charge is 0.244 e. The normalized spacial score (nSPS) is 16.6. The maximum absolute atomic E-state index is 12.0. The van der Waals surface area contributed by atoms with E-state index < -0.39 is 6.10 Å². The van der Waals surface area contributed by atoms with Crippen molar-refractivity contribution in [2.75, 3.05) is 6.54 Å². The van der Waals surface area contributed by atoms with Crippen LogP contribution in [0.15, 0.2) is 6.20 Å².